The quantitative estimate of drug-likeness (QED) is 0.789. The van der Waals surface area contributed by atoms with Crippen LogP contribution in [0.25, 0.3) is 0 Å². The number of anilines is 1. The maximum Gasteiger partial charge on any atom is 0.343 e. The zero-order valence-electron chi connectivity index (χ0n) is 10.7. The van der Waals surface area contributed by atoms with E-state index in [2.05, 4.69) is 4.99 Å². The first kappa shape index (κ1) is 13.1. The van der Waals surface area contributed by atoms with Crippen LogP contribution in [0.4, 0.5) is 10.5 Å². The molecule has 2 unspecified atom stereocenters. The van der Waals surface area contributed by atoms with Crippen LogP contribution in [0.15, 0.2) is 29.3 Å². The lowest BCUT2D eigenvalue weighted by atomic mass is 9.87. The molecule has 0 saturated carbocycles. The van der Waals surface area contributed by atoms with Gasteiger partial charge in [-0.3, -0.25) is 4.79 Å². The molecule has 2 atom stereocenters. The Morgan fingerprint density at radius 2 is 2.16 bits per heavy atom. The van der Waals surface area contributed by atoms with Crippen LogP contribution in [0.3, 0.4) is 0 Å². The third-order valence-electron chi connectivity index (χ3n) is 3.28. The zero-order chi connectivity index (χ0) is 14.2. The van der Waals surface area contributed by atoms with Gasteiger partial charge in [-0.1, -0.05) is 12.1 Å². The van der Waals surface area contributed by atoms with Gasteiger partial charge in [-0.15, -0.1) is 0 Å². The number of carboxylic acid groups (broad SMARTS) is 1. The molecule has 0 aliphatic carbocycles. The Labute approximate surface area is 110 Å². The van der Waals surface area contributed by atoms with Crippen molar-refractivity contribution in [3.8, 4) is 0 Å². The highest BCUT2D eigenvalue weighted by Gasteiger charge is 2.40. The molecule has 0 bridgehead atoms. The van der Waals surface area contributed by atoms with Gasteiger partial charge in [-0.25, -0.2) is 9.79 Å². The predicted molar refractivity (Wildman–Crippen MR) is 71.0 cm³/mol. The van der Waals surface area contributed by atoms with Gasteiger partial charge in [0.25, 0.3) is 0 Å². The molecular weight excluding hydrogens is 246 g/mol. The van der Waals surface area contributed by atoms with Crippen LogP contribution in [0.2, 0.25) is 0 Å². The summed E-state index contributed by atoms with van der Waals surface area (Å²) in [4.78, 5) is 28.3. The summed E-state index contributed by atoms with van der Waals surface area (Å²) in [5.74, 6) is -1.86. The fourth-order valence-corrected chi connectivity index (χ4v) is 2.34. The lowest BCUT2D eigenvalue weighted by Crippen LogP contribution is -2.44. The first-order valence-electron chi connectivity index (χ1n) is 5.82. The number of nitrogen functional groups attached to an aromatic ring is 1. The van der Waals surface area contributed by atoms with Crippen molar-refractivity contribution >= 4 is 23.4 Å². The van der Waals surface area contributed by atoms with E-state index in [0.717, 1.165) is 0 Å². The van der Waals surface area contributed by atoms with Gasteiger partial charge in [-0.2, -0.15) is 0 Å². The van der Waals surface area contributed by atoms with Gasteiger partial charge in [0.1, 0.15) is 5.92 Å². The summed E-state index contributed by atoms with van der Waals surface area (Å²) < 4.78 is 0. The van der Waals surface area contributed by atoms with Crippen LogP contribution in [0, 0.1) is 5.92 Å². The lowest BCUT2D eigenvalue weighted by molar-refractivity contribution is -0.141. The molecule has 0 fully saturated rings. The summed E-state index contributed by atoms with van der Waals surface area (Å²) >= 11 is 0. The third kappa shape index (κ3) is 2.29. The van der Waals surface area contributed by atoms with E-state index in [4.69, 9.17) is 5.73 Å². The Balaban J connectivity index is 2.54. The first-order chi connectivity index (χ1) is 8.91. The van der Waals surface area contributed by atoms with E-state index >= 15 is 0 Å². The summed E-state index contributed by atoms with van der Waals surface area (Å²) in [6, 6.07) is 5.87. The summed E-state index contributed by atoms with van der Waals surface area (Å²) in [7, 11) is 1.54. The Morgan fingerprint density at radius 3 is 2.74 bits per heavy atom. The molecule has 0 radical (unpaired) electrons. The van der Waals surface area contributed by atoms with E-state index in [-0.39, 0.29) is 0 Å². The lowest BCUT2D eigenvalue weighted by Gasteiger charge is -2.35. The topological polar surface area (TPSA) is 96.0 Å². The molecule has 1 aliphatic rings. The number of carbonyl (C=O) groups excluding carboxylic acids is 1. The van der Waals surface area contributed by atoms with E-state index in [0.29, 0.717) is 17.0 Å². The van der Waals surface area contributed by atoms with Crippen LogP contribution in [0.1, 0.15) is 18.5 Å². The number of carbonyl (C=O) groups is 2. The zero-order valence-corrected chi connectivity index (χ0v) is 10.7. The highest BCUT2D eigenvalue weighted by Crippen LogP contribution is 2.33. The first-order valence-corrected chi connectivity index (χ1v) is 5.82. The second-order valence-electron chi connectivity index (χ2n) is 4.58. The number of nitrogens with zero attached hydrogens (tertiary/aromatic N) is 2. The number of hydrogen-bond acceptors (Lipinski definition) is 3. The molecule has 3 N–H and O–H groups in total. The normalized spacial score (nSPS) is 23.2. The summed E-state index contributed by atoms with van der Waals surface area (Å²) in [6.45, 7) is 1.56. The van der Waals surface area contributed by atoms with Crippen molar-refractivity contribution in [1.82, 2.24) is 4.90 Å². The number of nitrogens with two attached hydrogens (primary N) is 1. The molecule has 1 aliphatic heterocycles. The molecule has 1 aromatic carbocycles. The number of urea groups is 1. The van der Waals surface area contributed by atoms with Crippen molar-refractivity contribution in [2.24, 2.45) is 10.9 Å². The average Bonchev–Trinajstić information content (AvgIpc) is 2.32. The van der Waals surface area contributed by atoms with Gasteiger partial charge in [0.2, 0.25) is 0 Å². The maximum atomic E-state index is 11.8. The van der Waals surface area contributed by atoms with Crippen molar-refractivity contribution in [2.75, 3.05) is 12.8 Å². The number of carboxylic acids is 1. The second kappa shape index (κ2) is 4.72. The van der Waals surface area contributed by atoms with Crippen molar-refractivity contribution < 1.29 is 14.7 Å². The van der Waals surface area contributed by atoms with E-state index < -0.39 is 24.0 Å². The molecule has 1 heterocycles. The fraction of sp³-hybridized carbons (Fsp3) is 0.308. The summed E-state index contributed by atoms with van der Waals surface area (Å²) in [5, 5.41) is 9.36. The van der Waals surface area contributed by atoms with Gasteiger partial charge in [0.15, 0.2) is 0 Å². The van der Waals surface area contributed by atoms with Gasteiger partial charge >= 0.3 is 12.0 Å². The smallest absolute Gasteiger partial charge is 0.343 e. The Morgan fingerprint density at radius 1 is 1.47 bits per heavy atom. The van der Waals surface area contributed by atoms with Gasteiger partial charge < -0.3 is 15.7 Å². The van der Waals surface area contributed by atoms with E-state index in [9.17, 15) is 14.7 Å². The molecule has 1 aromatic rings. The highest BCUT2D eigenvalue weighted by molar-refractivity contribution is 6.07. The molecule has 2 rings (SSSR count). The molecule has 100 valence electrons. The minimum atomic E-state index is -1.01. The van der Waals surface area contributed by atoms with E-state index in [1.807, 2.05) is 0 Å². The molecule has 19 heavy (non-hydrogen) atoms. The van der Waals surface area contributed by atoms with Crippen LogP contribution >= 0.6 is 0 Å². The molecular formula is C13H15N3O3. The van der Waals surface area contributed by atoms with Crippen molar-refractivity contribution in [1.29, 1.82) is 0 Å². The standard InChI is InChI=1S/C13H15N3O3/c1-7-10(12(17)18)11(16(2)13(19)15-7)8-4-3-5-9(14)6-8/h3-6,10-11H,14H2,1-2H3,(H,17,18). The minimum Gasteiger partial charge on any atom is -0.481 e. The number of benzene rings is 1. The van der Waals surface area contributed by atoms with Crippen LogP contribution in [-0.2, 0) is 4.79 Å². The van der Waals surface area contributed by atoms with Crippen molar-refractivity contribution in [3.05, 3.63) is 29.8 Å². The maximum absolute atomic E-state index is 11.8. The molecule has 0 aromatic heterocycles. The monoisotopic (exact) mass is 261 g/mol. The number of aliphatic imine (C=N–C) groups is 1. The van der Waals surface area contributed by atoms with Crippen LogP contribution in [0.5, 0.6) is 0 Å². The molecule has 0 saturated heterocycles. The number of hydrogen-bond donors (Lipinski definition) is 2. The second-order valence-corrected chi connectivity index (χ2v) is 4.58. The molecule has 6 heteroatoms. The number of rotatable bonds is 2. The largest absolute Gasteiger partial charge is 0.481 e. The van der Waals surface area contributed by atoms with Gasteiger partial charge in [0.05, 0.1) is 6.04 Å². The highest BCUT2D eigenvalue weighted by atomic mass is 16.4. The number of aliphatic carboxylic acids is 1. The third-order valence-corrected chi connectivity index (χ3v) is 3.28. The Bertz CT molecular complexity index is 568. The van der Waals surface area contributed by atoms with E-state index in [1.54, 1.807) is 38.2 Å². The predicted octanol–water partition coefficient (Wildman–Crippen LogP) is 1.54. The SMILES string of the molecule is CC1=NC(=O)N(C)C(c2cccc(N)c2)C1C(=O)O. The van der Waals surface area contributed by atoms with E-state index in [1.165, 1.54) is 4.90 Å². The summed E-state index contributed by atoms with van der Waals surface area (Å²) in [6.07, 6.45) is 0. The van der Waals surface area contributed by atoms with Crippen molar-refractivity contribution in [2.45, 2.75) is 13.0 Å². The Kier molecular flexibility index (Phi) is 3.25. The Hall–Kier alpha value is -2.37. The summed E-state index contributed by atoms with van der Waals surface area (Å²) in [5.41, 5.74) is 7.25. The van der Waals surface area contributed by atoms with Gasteiger partial charge in [-0.05, 0) is 24.6 Å². The minimum absolute atomic E-state index is 0.308. The van der Waals surface area contributed by atoms with Crippen LogP contribution in [-0.4, -0.2) is 34.8 Å². The molecule has 2 amide bonds. The fourth-order valence-electron chi connectivity index (χ4n) is 2.34. The van der Waals surface area contributed by atoms with Crippen LogP contribution < -0.4 is 5.73 Å². The van der Waals surface area contributed by atoms with Crippen molar-refractivity contribution in [3.63, 3.8) is 0 Å². The average molecular weight is 261 g/mol. The molecule has 0 spiro atoms. The van der Waals surface area contributed by atoms with Gasteiger partial charge in [0, 0.05) is 18.4 Å². The number of amides is 2. The molecule has 6 nitrogen and oxygen atoms in total.